The van der Waals surface area contributed by atoms with Gasteiger partial charge < -0.3 is 9.64 Å². The van der Waals surface area contributed by atoms with Gasteiger partial charge in [-0.2, -0.15) is 4.31 Å². The maximum atomic E-state index is 13.6. The molecule has 6 nitrogen and oxygen atoms in total. The highest BCUT2D eigenvalue weighted by molar-refractivity contribution is 7.89. The Morgan fingerprint density at radius 2 is 1.68 bits per heavy atom. The van der Waals surface area contributed by atoms with Gasteiger partial charge in [0.25, 0.3) is 0 Å². The normalized spacial score (nSPS) is 21.9. The van der Waals surface area contributed by atoms with Crippen LogP contribution in [0.5, 0.6) is 5.75 Å². The van der Waals surface area contributed by atoms with E-state index >= 15 is 0 Å². The number of carbonyl (C=O) groups excluding carboxylic acids is 1. The van der Waals surface area contributed by atoms with Gasteiger partial charge in [0.15, 0.2) is 0 Å². The fraction of sp³-hybridized carbons (Fsp3) is 0.480. The van der Waals surface area contributed by atoms with Gasteiger partial charge >= 0.3 is 0 Å². The van der Waals surface area contributed by atoms with Crippen LogP contribution < -0.4 is 4.74 Å². The number of ether oxygens (including phenoxy) is 1. The highest BCUT2D eigenvalue weighted by Gasteiger charge is 2.43. The molecular weight excluding hydrogens is 495 g/mol. The van der Waals surface area contributed by atoms with Crippen molar-refractivity contribution in [3.8, 4) is 5.75 Å². The van der Waals surface area contributed by atoms with Crippen LogP contribution in [0.3, 0.4) is 0 Å². The Hall–Kier alpha value is -1.80. The quantitative estimate of drug-likeness (QED) is 0.496. The van der Waals surface area contributed by atoms with Gasteiger partial charge in [-0.3, -0.25) is 4.79 Å². The number of nitrogens with zero attached hydrogens (tertiary/aromatic N) is 2. The fourth-order valence-electron chi connectivity index (χ4n) is 4.83. The highest BCUT2D eigenvalue weighted by atomic mass is 35.5. The lowest BCUT2D eigenvalue weighted by atomic mass is 9.78. The van der Waals surface area contributed by atoms with Gasteiger partial charge in [-0.15, -0.1) is 0 Å². The van der Waals surface area contributed by atoms with Gasteiger partial charge in [-0.1, -0.05) is 47.5 Å². The van der Waals surface area contributed by atoms with E-state index in [0.29, 0.717) is 25.1 Å². The Morgan fingerprint density at radius 1 is 0.941 bits per heavy atom. The van der Waals surface area contributed by atoms with Crippen LogP contribution in [0.15, 0.2) is 53.4 Å². The van der Waals surface area contributed by atoms with Crippen LogP contribution in [0.4, 0.5) is 0 Å². The number of para-hydroxylation sites is 1. The van der Waals surface area contributed by atoms with E-state index in [1.807, 2.05) is 35.2 Å². The summed E-state index contributed by atoms with van der Waals surface area (Å²) < 4.78 is 34.7. The number of likely N-dealkylation sites (tertiary alicyclic amines) is 1. The summed E-state index contributed by atoms with van der Waals surface area (Å²) in [6, 6.07) is 14.0. The second kappa shape index (κ2) is 10.9. The number of sulfonamides is 1. The number of hydrogen-bond donors (Lipinski definition) is 0. The topological polar surface area (TPSA) is 66.9 Å². The minimum Gasteiger partial charge on any atom is -0.493 e. The minimum absolute atomic E-state index is 0.0104. The monoisotopic (exact) mass is 524 g/mol. The number of benzene rings is 2. The van der Waals surface area contributed by atoms with Gasteiger partial charge in [-0.25, -0.2) is 8.42 Å². The average Bonchev–Trinajstić information content (AvgIpc) is 2.86. The van der Waals surface area contributed by atoms with Gasteiger partial charge in [0, 0.05) is 38.0 Å². The first-order valence-corrected chi connectivity index (χ1v) is 13.9. The summed E-state index contributed by atoms with van der Waals surface area (Å²) in [5.41, 5.74) is -0.638. The molecule has 0 N–H and O–H groups in total. The smallest absolute Gasteiger partial charge is 0.244 e. The summed E-state index contributed by atoms with van der Waals surface area (Å²) in [5, 5.41) is 0.212. The number of amides is 1. The lowest BCUT2D eigenvalue weighted by Gasteiger charge is -2.42. The molecule has 2 heterocycles. The van der Waals surface area contributed by atoms with Crippen LogP contribution in [-0.2, 0) is 14.8 Å². The van der Waals surface area contributed by atoms with Gasteiger partial charge in [-0.05, 0) is 56.4 Å². The molecule has 0 radical (unpaired) electrons. The lowest BCUT2D eigenvalue weighted by Crippen LogP contribution is -2.51. The maximum absolute atomic E-state index is 13.6. The van der Waals surface area contributed by atoms with Gasteiger partial charge in [0.2, 0.25) is 15.9 Å². The molecule has 2 fully saturated rings. The van der Waals surface area contributed by atoms with Crippen LogP contribution in [-0.4, -0.2) is 56.3 Å². The zero-order valence-corrected chi connectivity index (χ0v) is 21.4. The minimum atomic E-state index is -3.89. The molecule has 184 valence electrons. The van der Waals surface area contributed by atoms with E-state index in [0.717, 1.165) is 32.4 Å². The molecular formula is C25H30Cl2N2O4S. The predicted octanol–water partition coefficient (Wildman–Crippen LogP) is 5.25. The zero-order valence-electron chi connectivity index (χ0n) is 19.1. The standard InChI is InChI=1S/C25H30Cl2N2O4S/c26-21-11-7-12-22(24(21)27)34(31,32)29-16-8-13-25(18-29,19-33-20-9-3-1-4-10-20)17-23(30)28-14-5-2-6-15-28/h1,3-4,7,9-12H,2,5-6,8,13-19H2. The van der Waals surface area contributed by atoms with Crippen molar-refractivity contribution in [2.45, 2.75) is 43.4 Å². The third-order valence-corrected chi connectivity index (χ3v) is 9.50. The molecule has 1 atom stereocenters. The van der Waals surface area contributed by atoms with E-state index in [1.165, 1.54) is 10.4 Å². The number of carbonyl (C=O) groups is 1. The van der Waals surface area contributed by atoms with Crippen LogP contribution in [0.2, 0.25) is 10.0 Å². The first-order valence-electron chi connectivity index (χ1n) is 11.7. The van der Waals surface area contributed by atoms with Crippen molar-refractivity contribution >= 4 is 39.1 Å². The molecule has 0 aromatic heterocycles. The molecule has 0 bridgehead atoms. The maximum Gasteiger partial charge on any atom is 0.244 e. The molecule has 0 saturated carbocycles. The zero-order chi connectivity index (χ0) is 24.2. The second-order valence-electron chi connectivity index (χ2n) is 9.21. The molecule has 9 heteroatoms. The van der Waals surface area contributed by atoms with E-state index in [4.69, 9.17) is 27.9 Å². The molecule has 2 aliphatic rings. The third-order valence-electron chi connectivity index (χ3n) is 6.68. The van der Waals surface area contributed by atoms with Crippen molar-refractivity contribution in [1.29, 1.82) is 0 Å². The summed E-state index contributed by atoms with van der Waals surface area (Å²) >= 11 is 12.4. The van der Waals surface area contributed by atoms with Crippen molar-refractivity contribution in [2.24, 2.45) is 5.41 Å². The number of piperidine rings is 2. The SMILES string of the molecule is O=C(CC1(COc2ccccc2)CCCN(S(=O)(=O)c2cccc(Cl)c2Cl)C1)N1CCCCC1. The summed E-state index contributed by atoms with van der Waals surface area (Å²) in [6.07, 6.45) is 4.73. The summed E-state index contributed by atoms with van der Waals surface area (Å²) in [6.45, 7) is 2.32. The summed E-state index contributed by atoms with van der Waals surface area (Å²) in [5.74, 6) is 0.765. The molecule has 2 aromatic carbocycles. The Kier molecular flexibility index (Phi) is 8.08. The van der Waals surface area contributed by atoms with Crippen molar-refractivity contribution in [3.05, 3.63) is 58.6 Å². The summed E-state index contributed by atoms with van der Waals surface area (Å²) in [4.78, 5) is 15.2. The Labute approximate surface area is 211 Å². The van der Waals surface area contributed by atoms with Crippen molar-refractivity contribution in [1.82, 2.24) is 9.21 Å². The molecule has 2 aliphatic heterocycles. The van der Waals surface area contributed by atoms with Crippen molar-refractivity contribution in [2.75, 3.05) is 32.8 Å². The first kappa shape index (κ1) is 25.3. The Bertz CT molecular complexity index is 1110. The number of hydrogen-bond acceptors (Lipinski definition) is 4. The van der Waals surface area contributed by atoms with Crippen LogP contribution >= 0.6 is 23.2 Å². The van der Waals surface area contributed by atoms with Crippen LogP contribution in [0, 0.1) is 5.41 Å². The van der Waals surface area contributed by atoms with E-state index < -0.39 is 15.4 Å². The van der Waals surface area contributed by atoms with Gasteiger partial charge in [0.1, 0.15) is 10.6 Å². The van der Waals surface area contributed by atoms with Crippen LogP contribution in [0.1, 0.15) is 38.5 Å². The molecule has 2 aromatic rings. The Morgan fingerprint density at radius 3 is 2.41 bits per heavy atom. The van der Waals surface area contributed by atoms with E-state index in [1.54, 1.807) is 12.1 Å². The second-order valence-corrected chi connectivity index (χ2v) is 11.9. The molecule has 2 saturated heterocycles. The van der Waals surface area contributed by atoms with E-state index in [2.05, 4.69) is 0 Å². The average molecular weight is 525 g/mol. The molecule has 0 spiro atoms. The Balaban J connectivity index is 1.60. The number of rotatable bonds is 7. The van der Waals surface area contributed by atoms with Crippen molar-refractivity contribution < 1.29 is 17.9 Å². The first-order chi connectivity index (χ1) is 16.3. The third kappa shape index (κ3) is 5.70. The molecule has 1 amide bonds. The van der Waals surface area contributed by atoms with Gasteiger partial charge in [0.05, 0.1) is 16.7 Å². The molecule has 1 unspecified atom stereocenters. The highest BCUT2D eigenvalue weighted by Crippen LogP contribution is 2.39. The summed E-state index contributed by atoms with van der Waals surface area (Å²) in [7, 11) is -3.89. The van der Waals surface area contributed by atoms with E-state index in [-0.39, 0.29) is 40.4 Å². The predicted molar refractivity (Wildman–Crippen MR) is 134 cm³/mol. The van der Waals surface area contributed by atoms with Crippen molar-refractivity contribution in [3.63, 3.8) is 0 Å². The largest absolute Gasteiger partial charge is 0.493 e. The van der Waals surface area contributed by atoms with Crippen LogP contribution in [0.25, 0.3) is 0 Å². The molecule has 34 heavy (non-hydrogen) atoms. The fourth-order valence-corrected chi connectivity index (χ4v) is 7.16. The lowest BCUT2D eigenvalue weighted by molar-refractivity contribution is -0.136. The number of halogens is 2. The molecule has 4 rings (SSSR count). The molecule has 0 aliphatic carbocycles. The van der Waals surface area contributed by atoms with E-state index in [9.17, 15) is 13.2 Å².